The molecule has 0 atom stereocenters. The maximum Gasteiger partial charge on any atom is 0.255 e. The monoisotopic (exact) mass is 249 g/mol. The molecule has 0 amide bonds. The van der Waals surface area contributed by atoms with Gasteiger partial charge in [0, 0.05) is 18.5 Å². The molecule has 0 aliphatic rings. The van der Waals surface area contributed by atoms with Crippen LogP contribution in [0.4, 0.5) is 5.82 Å². The molecule has 0 aliphatic carbocycles. The molecule has 0 unspecified atom stereocenters. The summed E-state index contributed by atoms with van der Waals surface area (Å²) in [4.78, 5) is 8.14. The first-order valence-electron chi connectivity index (χ1n) is 5.23. The van der Waals surface area contributed by atoms with Gasteiger partial charge in [-0.1, -0.05) is 11.6 Å². The van der Waals surface area contributed by atoms with E-state index in [1.165, 1.54) is 6.33 Å². The Morgan fingerprint density at radius 1 is 1.53 bits per heavy atom. The van der Waals surface area contributed by atoms with E-state index >= 15 is 0 Å². The number of rotatable bonds is 3. The van der Waals surface area contributed by atoms with Crippen LogP contribution in [-0.2, 0) is 0 Å². The van der Waals surface area contributed by atoms with Crippen molar-refractivity contribution in [1.29, 1.82) is 0 Å². The maximum atomic E-state index is 6.03. The largest absolute Gasteiger partial charge is 0.369 e. The molecular formula is C11H12ClN5. The summed E-state index contributed by atoms with van der Waals surface area (Å²) in [6.45, 7) is 4.45. The molecule has 2 aromatic heterocycles. The van der Waals surface area contributed by atoms with Gasteiger partial charge in [0.15, 0.2) is 0 Å². The Hall–Kier alpha value is -1.80. The van der Waals surface area contributed by atoms with Crippen LogP contribution in [0.25, 0.3) is 5.78 Å². The first-order chi connectivity index (χ1) is 8.24. The number of fused-ring (bicyclic) bond motifs is 1. The number of aromatic nitrogens is 4. The van der Waals surface area contributed by atoms with Crippen molar-refractivity contribution in [2.24, 2.45) is 0 Å². The van der Waals surface area contributed by atoms with E-state index in [9.17, 15) is 0 Å². The van der Waals surface area contributed by atoms with Gasteiger partial charge in [-0.05, 0) is 13.8 Å². The highest BCUT2D eigenvalue weighted by atomic mass is 35.5. The van der Waals surface area contributed by atoms with E-state index < -0.39 is 0 Å². The first kappa shape index (κ1) is 11.7. The lowest BCUT2D eigenvalue weighted by molar-refractivity contribution is 0.912. The number of hydrogen-bond acceptors (Lipinski definition) is 4. The highest BCUT2D eigenvalue weighted by Gasteiger charge is 2.11. The molecule has 0 aromatic carbocycles. The Morgan fingerprint density at radius 3 is 3.12 bits per heavy atom. The first-order valence-corrected chi connectivity index (χ1v) is 5.61. The molecule has 0 aliphatic heterocycles. The molecule has 2 aromatic rings. The maximum absolute atomic E-state index is 6.03. The van der Waals surface area contributed by atoms with Crippen LogP contribution in [0.15, 0.2) is 6.33 Å². The molecule has 2 rings (SSSR count). The van der Waals surface area contributed by atoms with Gasteiger partial charge in [-0.15, -0.1) is 11.8 Å². The second kappa shape index (κ2) is 5.02. The number of hydrogen-bond donors (Lipinski definition) is 1. The van der Waals surface area contributed by atoms with E-state index in [1.807, 2.05) is 13.8 Å². The van der Waals surface area contributed by atoms with Crippen LogP contribution in [-0.4, -0.2) is 26.1 Å². The molecule has 0 spiro atoms. The van der Waals surface area contributed by atoms with Crippen molar-refractivity contribution in [3.05, 3.63) is 17.0 Å². The van der Waals surface area contributed by atoms with Crippen molar-refractivity contribution in [2.45, 2.75) is 20.3 Å². The molecule has 0 bridgehead atoms. The molecule has 2 heterocycles. The second-order valence-corrected chi connectivity index (χ2v) is 3.81. The third-order valence-corrected chi connectivity index (χ3v) is 2.69. The van der Waals surface area contributed by atoms with Crippen molar-refractivity contribution in [2.75, 3.05) is 11.9 Å². The van der Waals surface area contributed by atoms with Gasteiger partial charge in [-0.25, -0.2) is 0 Å². The minimum Gasteiger partial charge on any atom is -0.369 e. The summed E-state index contributed by atoms with van der Waals surface area (Å²) in [5, 5.41) is 7.80. The molecular weight excluding hydrogens is 238 g/mol. The average Bonchev–Trinajstić information content (AvgIpc) is 2.76. The van der Waals surface area contributed by atoms with Gasteiger partial charge < -0.3 is 5.32 Å². The average molecular weight is 250 g/mol. The van der Waals surface area contributed by atoms with Gasteiger partial charge in [-0.3, -0.25) is 0 Å². The zero-order valence-electron chi connectivity index (χ0n) is 9.66. The van der Waals surface area contributed by atoms with Crippen LogP contribution >= 0.6 is 11.6 Å². The summed E-state index contributed by atoms with van der Waals surface area (Å²) in [5.41, 5.74) is 0.856. The van der Waals surface area contributed by atoms with E-state index in [-0.39, 0.29) is 0 Å². The molecule has 17 heavy (non-hydrogen) atoms. The summed E-state index contributed by atoms with van der Waals surface area (Å²) in [6, 6.07) is 0. The van der Waals surface area contributed by atoms with Gasteiger partial charge in [-0.2, -0.15) is 19.6 Å². The molecule has 0 fully saturated rings. The molecule has 1 N–H and O–H groups in total. The number of nitrogens with one attached hydrogen (secondary N) is 1. The van der Waals surface area contributed by atoms with E-state index in [0.717, 1.165) is 24.3 Å². The summed E-state index contributed by atoms with van der Waals surface area (Å²) in [7, 11) is 0. The lowest BCUT2D eigenvalue weighted by Crippen LogP contribution is -2.09. The highest BCUT2D eigenvalue weighted by Crippen LogP contribution is 2.21. The van der Waals surface area contributed by atoms with Crippen LogP contribution < -0.4 is 5.32 Å². The van der Waals surface area contributed by atoms with Gasteiger partial charge in [0.25, 0.3) is 5.78 Å². The molecule has 0 saturated carbocycles. The molecule has 5 nitrogen and oxygen atoms in total. The molecule has 0 saturated heterocycles. The van der Waals surface area contributed by atoms with Crippen molar-refractivity contribution in [3.63, 3.8) is 0 Å². The molecule has 0 radical (unpaired) electrons. The Labute approximate surface area is 104 Å². The summed E-state index contributed by atoms with van der Waals surface area (Å²) >= 11 is 6.03. The third kappa shape index (κ3) is 2.32. The number of anilines is 1. The smallest absolute Gasteiger partial charge is 0.255 e. The van der Waals surface area contributed by atoms with E-state index in [0.29, 0.717) is 10.9 Å². The van der Waals surface area contributed by atoms with Crippen LogP contribution in [0.3, 0.4) is 0 Å². The number of nitrogens with zero attached hydrogens (tertiary/aromatic N) is 4. The Morgan fingerprint density at radius 2 is 2.35 bits per heavy atom. The van der Waals surface area contributed by atoms with Gasteiger partial charge in [0.1, 0.15) is 17.3 Å². The normalized spacial score (nSPS) is 10.1. The predicted molar refractivity (Wildman–Crippen MR) is 67.1 cm³/mol. The Balaban J connectivity index is 2.32. The van der Waals surface area contributed by atoms with E-state index in [1.54, 1.807) is 4.52 Å². The zero-order valence-corrected chi connectivity index (χ0v) is 10.4. The topological polar surface area (TPSA) is 55.1 Å². The summed E-state index contributed by atoms with van der Waals surface area (Å²) < 4.78 is 1.64. The fourth-order valence-corrected chi connectivity index (χ4v) is 1.64. The Kier molecular flexibility index (Phi) is 3.45. The van der Waals surface area contributed by atoms with Crippen LogP contribution in [0.5, 0.6) is 0 Å². The third-order valence-electron chi connectivity index (χ3n) is 2.32. The van der Waals surface area contributed by atoms with Crippen LogP contribution in [0.2, 0.25) is 5.15 Å². The fraction of sp³-hybridized carbons (Fsp3) is 0.364. The van der Waals surface area contributed by atoms with Gasteiger partial charge >= 0.3 is 0 Å². The van der Waals surface area contributed by atoms with Crippen molar-refractivity contribution in [3.8, 4) is 11.8 Å². The quantitative estimate of drug-likeness (QED) is 0.513. The van der Waals surface area contributed by atoms with Gasteiger partial charge in [0.2, 0.25) is 0 Å². The van der Waals surface area contributed by atoms with Crippen LogP contribution in [0, 0.1) is 18.8 Å². The van der Waals surface area contributed by atoms with Crippen LogP contribution in [0.1, 0.15) is 18.9 Å². The standard InChI is InChI=1S/C11H12ClN5/c1-3-4-5-6-13-10-8(2)9(12)16-11-14-7-15-17(10)11/h7,13H,5-6H2,1-2H3. The summed E-state index contributed by atoms with van der Waals surface area (Å²) in [5.74, 6) is 7.14. The minimum atomic E-state index is 0.439. The Bertz CT molecular complexity index is 593. The highest BCUT2D eigenvalue weighted by molar-refractivity contribution is 6.30. The predicted octanol–water partition coefficient (Wildman–Crippen LogP) is 1.91. The van der Waals surface area contributed by atoms with Crippen molar-refractivity contribution < 1.29 is 0 Å². The zero-order chi connectivity index (χ0) is 12.3. The fourth-order valence-electron chi connectivity index (χ4n) is 1.47. The van der Waals surface area contributed by atoms with Crippen molar-refractivity contribution in [1.82, 2.24) is 19.6 Å². The minimum absolute atomic E-state index is 0.439. The van der Waals surface area contributed by atoms with Gasteiger partial charge in [0.05, 0.1) is 0 Å². The summed E-state index contributed by atoms with van der Waals surface area (Å²) in [6.07, 6.45) is 2.22. The number of halogens is 1. The molecule has 6 heteroatoms. The lowest BCUT2D eigenvalue weighted by Gasteiger charge is -2.10. The lowest BCUT2D eigenvalue weighted by atomic mass is 10.3. The van der Waals surface area contributed by atoms with Crippen molar-refractivity contribution >= 4 is 23.2 Å². The SMILES string of the molecule is CC#CCCNc1c(C)c(Cl)nc2ncnn12. The van der Waals surface area contributed by atoms with E-state index in [2.05, 4.69) is 32.2 Å². The second-order valence-electron chi connectivity index (χ2n) is 3.45. The molecule has 88 valence electrons. The van der Waals surface area contributed by atoms with E-state index in [4.69, 9.17) is 11.6 Å².